The van der Waals surface area contributed by atoms with Gasteiger partial charge in [-0.2, -0.15) is 0 Å². The molecule has 0 atom stereocenters. The highest BCUT2D eigenvalue weighted by molar-refractivity contribution is 5.45. The maximum Gasteiger partial charge on any atom is 0.0388 e. The fourth-order valence-electron chi connectivity index (χ4n) is 2.90. The lowest BCUT2D eigenvalue weighted by molar-refractivity contribution is 0.319. The van der Waals surface area contributed by atoms with Gasteiger partial charge in [0.1, 0.15) is 0 Å². The zero-order valence-electron chi connectivity index (χ0n) is 11.3. The van der Waals surface area contributed by atoms with E-state index in [9.17, 15) is 0 Å². The first kappa shape index (κ1) is 11.7. The molecule has 1 nitrogen and oxygen atoms in total. The Morgan fingerprint density at radius 2 is 1.50 bits per heavy atom. The first-order valence-electron chi connectivity index (χ1n) is 6.18. The summed E-state index contributed by atoms with van der Waals surface area (Å²) in [6.07, 6.45) is 0. The lowest BCUT2D eigenvalue weighted by Gasteiger charge is -2.25. The maximum absolute atomic E-state index is 3.70. The number of hydrogen-bond donors (Lipinski definition) is 1. The first-order valence-corrected chi connectivity index (χ1v) is 6.18. The summed E-state index contributed by atoms with van der Waals surface area (Å²) in [7, 11) is 0. The van der Waals surface area contributed by atoms with E-state index in [2.05, 4.69) is 65.1 Å². The summed E-state index contributed by atoms with van der Waals surface area (Å²) < 4.78 is 0. The van der Waals surface area contributed by atoms with Crippen LogP contribution in [-0.2, 0) is 11.1 Å². The molecule has 1 aliphatic heterocycles. The molecule has 1 aromatic rings. The Morgan fingerprint density at radius 1 is 0.938 bits per heavy atom. The second-order valence-electron chi connectivity index (χ2n) is 6.33. The van der Waals surface area contributed by atoms with Gasteiger partial charge >= 0.3 is 0 Å². The van der Waals surface area contributed by atoms with Crippen LogP contribution in [0.15, 0.2) is 18.2 Å². The van der Waals surface area contributed by atoms with Crippen molar-refractivity contribution in [3.05, 3.63) is 34.9 Å². The number of hydrogen-bond acceptors (Lipinski definition) is 1. The van der Waals surface area contributed by atoms with Crippen molar-refractivity contribution >= 4 is 0 Å². The van der Waals surface area contributed by atoms with E-state index < -0.39 is 0 Å². The fraction of sp³-hybridized carbons (Fsp3) is 0.600. The van der Waals surface area contributed by atoms with Crippen molar-refractivity contribution in [1.82, 2.24) is 5.32 Å². The molecule has 2 rings (SSSR count). The Morgan fingerprint density at radius 3 is 2.06 bits per heavy atom. The zero-order chi connectivity index (χ0) is 12.1. The minimum absolute atomic E-state index is 0.0870. The van der Waals surface area contributed by atoms with Gasteiger partial charge in [-0.05, 0) is 50.3 Å². The van der Waals surface area contributed by atoms with Gasteiger partial charge in [-0.25, -0.2) is 0 Å². The highest BCUT2D eigenvalue weighted by atomic mass is 15.1. The van der Waals surface area contributed by atoms with Gasteiger partial charge in [0.25, 0.3) is 0 Å². The minimum Gasteiger partial charge on any atom is -0.299 e. The van der Waals surface area contributed by atoms with Gasteiger partial charge < -0.3 is 0 Å². The van der Waals surface area contributed by atoms with Crippen molar-refractivity contribution in [3.63, 3.8) is 0 Å². The maximum atomic E-state index is 3.70. The molecule has 1 heteroatoms. The third kappa shape index (κ3) is 1.67. The lowest BCUT2D eigenvalue weighted by Crippen LogP contribution is -2.39. The largest absolute Gasteiger partial charge is 0.299 e. The molecule has 0 spiro atoms. The smallest absolute Gasteiger partial charge is 0.0388 e. The van der Waals surface area contributed by atoms with Crippen LogP contribution in [-0.4, -0.2) is 0 Å². The van der Waals surface area contributed by atoms with Gasteiger partial charge in [0, 0.05) is 11.1 Å². The lowest BCUT2D eigenvalue weighted by atomic mass is 9.87. The SMILES string of the molecule is CC(C)c1ccc2c(c1)C(C)(C)NC2(C)C. The van der Waals surface area contributed by atoms with Crippen molar-refractivity contribution in [2.75, 3.05) is 0 Å². The van der Waals surface area contributed by atoms with E-state index in [0.29, 0.717) is 5.92 Å². The van der Waals surface area contributed by atoms with Crippen LogP contribution in [0.25, 0.3) is 0 Å². The molecule has 0 saturated heterocycles. The second kappa shape index (κ2) is 3.33. The van der Waals surface area contributed by atoms with Crippen LogP contribution in [0.3, 0.4) is 0 Å². The molecule has 0 saturated carbocycles. The molecule has 1 heterocycles. The summed E-state index contributed by atoms with van der Waals surface area (Å²) >= 11 is 0. The summed E-state index contributed by atoms with van der Waals surface area (Å²) in [5.41, 5.74) is 4.52. The number of benzene rings is 1. The summed E-state index contributed by atoms with van der Waals surface area (Å²) in [5.74, 6) is 0.602. The highest BCUT2D eigenvalue weighted by Crippen LogP contribution is 2.41. The molecule has 0 fully saturated rings. The van der Waals surface area contributed by atoms with Crippen LogP contribution in [0.4, 0.5) is 0 Å². The van der Waals surface area contributed by atoms with Gasteiger partial charge in [0.15, 0.2) is 0 Å². The van der Waals surface area contributed by atoms with E-state index in [0.717, 1.165) is 0 Å². The van der Waals surface area contributed by atoms with E-state index >= 15 is 0 Å². The Kier molecular flexibility index (Phi) is 2.43. The summed E-state index contributed by atoms with van der Waals surface area (Å²) in [5, 5.41) is 3.70. The summed E-state index contributed by atoms with van der Waals surface area (Å²) in [6, 6.07) is 6.95. The molecule has 0 radical (unpaired) electrons. The van der Waals surface area contributed by atoms with E-state index in [1.165, 1.54) is 16.7 Å². The molecule has 0 aliphatic carbocycles. The molecule has 1 N–H and O–H groups in total. The average Bonchev–Trinajstić information content (AvgIpc) is 2.32. The quantitative estimate of drug-likeness (QED) is 0.752. The molecular weight excluding hydrogens is 194 g/mol. The Labute approximate surface area is 99.3 Å². The van der Waals surface area contributed by atoms with Crippen LogP contribution < -0.4 is 5.32 Å². The fourth-order valence-corrected chi connectivity index (χ4v) is 2.90. The zero-order valence-corrected chi connectivity index (χ0v) is 11.3. The van der Waals surface area contributed by atoms with Crippen molar-refractivity contribution < 1.29 is 0 Å². The number of nitrogens with one attached hydrogen (secondary N) is 1. The van der Waals surface area contributed by atoms with Gasteiger partial charge in [0.05, 0.1) is 0 Å². The number of rotatable bonds is 1. The van der Waals surface area contributed by atoms with Gasteiger partial charge in [-0.15, -0.1) is 0 Å². The van der Waals surface area contributed by atoms with Crippen LogP contribution in [0.1, 0.15) is 64.2 Å². The predicted molar refractivity (Wildman–Crippen MR) is 69.7 cm³/mol. The molecule has 88 valence electrons. The van der Waals surface area contributed by atoms with Crippen LogP contribution >= 0.6 is 0 Å². The highest BCUT2D eigenvalue weighted by Gasteiger charge is 2.40. The van der Waals surface area contributed by atoms with Crippen LogP contribution in [0.2, 0.25) is 0 Å². The summed E-state index contributed by atoms with van der Waals surface area (Å²) in [6.45, 7) is 13.6. The van der Waals surface area contributed by atoms with E-state index in [-0.39, 0.29) is 11.1 Å². The van der Waals surface area contributed by atoms with E-state index in [4.69, 9.17) is 0 Å². The summed E-state index contributed by atoms with van der Waals surface area (Å²) in [4.78, 5) is 0. The standard InChI is InChI=1S/C15H23N/c1-10(2)11-7-8-12-13(9-11)15(5,6)16-14(12,3)4/h7-10,16H,1-6H3. The molecule has 16 heavy (non-hydrogen) atoms. The molecule has 0 unspecified atom stereocenters. The van der Waals surface area contributed by atoms with Gasteiger partial charge in [0.2, 0.25) is 0 Å². The third-order valence-corrected chi connectivity index (χ3v) is 3.68. The van der Waals surface area contributed by atoms with E-state index in [1.54, 1.807) is 0 Å². The van der Waals surface area contributed by atoms with Crippen LogP contribution in [0, 0.1) is 0 Å². The molecule has 0 bridgehead atoms. The monoisotopic (exact) mass is 217 g/mol. The Bertz CT molecular complexity index is 413. The topological polar surface area (TPSA) is 12.0 Å². The van der Waals surface area contributed by atoms with Crippen molar-refractivity contribution in [3.8, 4) is 0 Å². The predicted octanol–water partition coefficient (Wildman–Crippen LogP) is 3.88. The first-order chi connectivity index (χ1) is 7.24. The minimum atomic E-state index is 0.0870. The number of fused-ring (bicyclic) bond motifs is 1. The molecule has 0 aromatic heterocycles. The van der Waals surface area contributed by atoms with Gasteiger partial charge in [-0.3, -0.25) is 5.32 Å². The second-order valence-corrected chi connectivity index (χ2v) is 6.33. The normalized spacial score (nSPS) is 21.2. The molecular formula is C15H23N. The van der Waals surface area contributed by atoms with Crippen molar-refractivity contribution in [2.45, 2.75) is 58.5 Å². The van der Waals surface area contributed by atoms with Gasteiger partial charge in [-0.1, -0.05) is 32.0 Å². The Balaban J connectivity index is 2.59. The van der Waals surface area contributed by atoms with Crippen molar-refractivity contribution in [2.24, 2.45) is 0 Å². The molecule has 1 aromatic carbocycles. The Hall–Kier alpha value is -0.820. The molecule has 1 aliphatic rings. The van der Waals surface area contributed by atoms with E-state index in [1.807, 2.05) is 0 Å². The average molecular weight is 217 g/mol. The third-order valence-electron chi connectivity index (χ3n) is 3.68. The van der Waals surface area contributed by atoms with Crippen molar-refractivity contribution in [1.29, 1.82) is 0 Å². The molecule has 0 amide bonds. The van der Waals surface area contributed by atoms with Crippen LogP contribution in [0.5, 0.6) is 0 Å².